The van der Waals surface area contributed by atoms with Crippen molar-refractivity contribution in [1.82, 2.24) is 25.5 Å². The number of hydrogen-bond acceptors (Lipinski definition) is 7. The fraction of sp³-hybridized carbons (Fsp3) is 0.231. The van der Waals surface area contributed by atoms with Gasteiger partial charge in [-0.15, -0.1) is 27.8 Å². The minimum absolute atomic E-state index is 0.0240. The summed E-state index contributed by atoms with van der Waals surface area (Å²) >= 11 is 4.63. The molecule has 0 bridgehead atoms. The Bertz CT molecular complexity index is 708. The fourth-order valence-corrected chi connectivity index (χ4v) is 3.77. The minimum atomic E-state index is -0.0240. The van der Waals surface area contributed by atoms with Gasteiger partial charge in [-0.3, -0.25) is 4.79 Å². The molecule has 6 nitrogen and oxygen atoms in total. The summed E-state index contributed by atoms with van der Waals surface area (Å²) in [5, 5.41) is 19.2. The summed E-state index contributed by atoms with van der Waals surface area (Å²) in [5.41, 5.74) is 0. The number of thiophene rings is 2. The molecular formula is C13H13N5OS3. The van der Waals surface area contributed by atoms with Crippen LogP contribution in [0.5, 0.6) is 0 Å². The van der Waals surface area contributed by atoms with E-state index in [1.165, 1.54) is 16.6 Å². The number of tetrazole rings is 1. The molecular weight excluding hydrogens is 338 g/mol. The highest BCUT2D eigenvalue weighted by Gasteiger charge is 2.10. The van der Waals surface area contributed by atoms with Gasteiger partial charge in [0.2, 0.25) is 11.1 Å². The molecule has 22 heavy (non-hydrogen) atoms. The zero-order chi connectivity index (χ0) is 15.2. The van der Waals surface area contributed by atoms with Gasteiger partial charge in [-0.25, -0.2) is 4.68 Å². The summed E-state index contributed by atoms with van der Waals surface area (Å²) in [5.74, 6) is 0.278. The molecule has 0 atom stereocenters. The molecule has 1 N–H and O–H groups in total. The second-order valence-corrected chi connectivity index (χ2v) is 7.35. The molecule has 114 valence electrons. The smallest absolute Gasteiger partial charge is 0.230 e. The molecule has 3 aromatic heterocycles. The Morgan fingerprint density at radius 2 is 2.00 bits per heavy atom. The highest BCUT2D eigenvalue weighted by molar-refractivity contribution is 7.99. The summed E-state index contributed by atoms with van der Waals surface area (Å²) in [6.45, 7) is 1.20. The van der Waals surface area contributed by atoms with Crippen LogP contribution >= 0.6 is 34.4 Å². The van der Waals surface area contributed by atoms with Crippen molar-refractivity contribution < 1.29 is 4.79 Å². The molecule has 0 spiro atoms. The average Bonchev–Trinajstić information content (AvgIpc) is 3.26. The van der Waals surface area contributed by atoms with Gasteiger partial charge >= 0.3 is 0 Å². The Labute approximate surface area is 139 Å². The molecule has 0 fully saturated rings. The van der Waals surface area contributed by atoms with Crippen molar-refractivity contribution in [2.75, 3.05) is 5.75 Å². The van der Waals surface area contributed by atoms with E-state index in [2.05, 4.69) is 20.8 Å². The zero-order valence-corrected chi connectivity index (χ0v) is 14.0. The van der Waals surface area contributed by atoms with E-state index in [0.717, 1.165) is 4.88 Å². The van der Waals surface area contributed by atoms with Crippen molar-refractivity contribution >= 4 is 40.3 Å². The Balaban J connectivity index is 1.49. The number of carbonyl (C=O) groups excluding carboxylic acids is 1. The Kier molecular flexibility index (Phi) is 5.20. The molecule has 3 rings (SSSR count). The predicted octanol–water partition coefficient (Wildman–Crippen LogP) is 2.25. The van der Waals surface area contributed by atoms with Crippen LogP contribution in [-0.2, 0) is 17.9 Å². The molecule has 0 aliphatic carbocycles. The van der Waals surface area contributed by atoms with E-state index in [0.29, 0.717) is 24.0 Å². The first-order valence-electron chi connectivity index (χ1n) is 6.51. The lowest BCUT2D eigenvalue weighted by Crippen LogP contribution is -2.24. The number of nitrogens with zero attached hydrogens (tertiary/aromatic N) is 4. The van der Waals surface area contributed by atoms with Gasteiger partial charge in [0.1, 0.15) is 0 Å². The lowest BCUT2D eigenvalue weighted by atomic mass is 10.4. The van der Waals surface area contributed by atoms with E-state index in [4.69, 9.17) is 0 Å². The number of aromatic nitrogens is 4. The van der Waals surface area contributed by atoms with Gasteiger partial charge in [0.05, 0.1) is 18.8 Å². The largest absolute Gasteiger partial charge is 0.350 e. The maximum atomic E-state index is 11.9. The minimum Gasteiger partial charge on any atom is -0.350 e. The molecule has 1 amide bonds. The number of hydrogen-bond donors (Lipinski definition) is 1. The first-order chi connectivity index (χ1) is 10.8. The molecule has 0 aromatic carbocycles. The SMILES string of the molecule is O=C(CSc1nnnn1Cc1cccs1)NCc1cccs1. The Morgan fingerprint density at radius 1 is 1.23 bits per heavy atom. The van der Waals surface area contributed by atoms with Crippen molar-refractivity contribution in [3.8, 4) is 0 Å². The van der Waals surface area contributed by atoms with Crippen LogP contribution in [0.15, 0.2) is 40.2 Å². The van der Waals surface area contributed by atoms with E-state index in [-0.39, 0.29) is 5.91 Å². The Morgan fingerprint density at radius 3 is 2.73 bits per heavy atom. The van der Waals surface area contributed by atoms with Gasteiger partial charge < -0.3 is 5.32 Å². The molecule has 0 aliphatic heterocycles. The quantitative estimate of drug-likeness (QED) is 0.661. The number of thioether (sulfide) groups is 1. The third-order valence-corrected chi connectivity index (χ3v) is 5.45. The van der Waals surface area contributed by atoms with Gasteiger partial charge in [0, 0.05) is 9.75 Å². The van der Waals surface area contributed by atoms with Gasteiger partial charge in [0.25, 0.3) is 0 Å². The van der Waals surface area contributed by atoms with E-state index in [1.54, 1.807) is 27.4 Å². The highest BCUT2D eigenvalue weighted by atomic mass is 32.2. The summed E-state index contributed by atoms with van der Waals surface area (Å²) in [6, 6.07) is 8.00. The Hall–Kier alpha value is -1.71. The summed E-state index contributed by atoms with van der Waals surface area (Å²) in [7, 11) is 0. The lowest BCUT2D eigenvalue weighted by molar-refractivity contribution is -0.118. The van der Waals surface area contributed by atoms with Crippen LogP contribution in [0, 0.1) is 0 Å². The van der Waals surface area contributed by atoms with E-state index in [1.807, 2.05) is 35.0 Å². The third kappa shape index (κ3) is 4.15. The normalized spacial score (nSPS) is 10.7. The number of amides is 1. The van der Waals surface area contributed by atoms with Crippen LogP contribution in [-0.4, -0.2) is 31.9 Å². The second-order valence-electron chi connectivity index (χ2n) is 4.34. The average molecular weight is 351 g/mol. The van der Waals surface area contributed by atoms with Gasteiger partial charge in [-0.2, -0.15) is 0 Å². The first-order valence-corrected chi connectivity index (χ1v) is 9.26. The van der Waals surface area contributed by atoms with Crippen LogP contribution in [0.4, 0.5) is 0 Å². The van der Waals surface area contributed by atoms with Gasteiger partial charge in [0.15, 0.2) is 0 Å². The van der Waals surface area contributed by atoms with E-state index in [9.17, 15) is 4.79 Å². The van der Waals surface area contributed by atoms with Gasteiger partial charge in [-0.1, -0.05) is 23.9 Å². The molecule has 0 radical (unpaired) electrons. The first kappa shape index (κ1) is 15.2. The van der Waals surface area contributed by atoms with Crippen LogP contribution in [0.3, 0.4) is 0 Å². The summed E-state index contributed by atoms with van der Waals surface area (Å²) in [4.78, 5) is 14.2. The molecule has 3 heterocycles. The van der Waals surface area contributed by atoms with Crippen molar-refractivity contribution in [2.45, 2.75) is 18.2 Å². The van der Waals surface area contributed by atoms with Crippen molar-refractivity contribution in [3.63, 3.8) is 0 Å². The number of nitrogens with one attached hydrogen (secondary N) is 1. The van der Waals surface area contributed by atoms with Crippen LogP contribution in [0.2, 0.25) is 0 Å². The van der Waals surface area contributed by atoms with Crippen molar-refractivity contribution in [3.05, 3.63) is 44.8 Å². The van der Waals surface area contributed by atoms with Crippen LogP contribution < -0.4 is 5.32 Å². The zero-order valence-electron chi connectivity index (χ0n) is 11.5. The van der Waals surface area contributed by atoms with Crippen molar-refractivity contribution in [1.29, 1.82) is 0 Å². The molecule has 3 aromatic rings. The third-order valence-electron chi connectivity index (χ3n) is 2.76. The molecule has 0 saturated carbocycles. The van der Waals surface area contributed by atoms with Crippen LogP contribution in [0.1, 0.15) is 9.75 Å². The van der Waals surface area contributed by atoms with Crippen LogP contribution in [0.25, 0.3) is 0 Å². The lowest BCUT2D eigenvalue weighted by Gasteiger charge is -2.04. The predicted molar refractivity (Wildman–Crippen MR) is 88.1 cm³/mol. The number of carbonyl (C=O) groups is 1. The standard InChI is InChI=1S/C13H13N5OS3/c19-12(14-7-10-3-1-5-20-10)9-22-13-15-16-17-18(13)8-11-4-2-6-21-11/h1-6H,7-9H2,(H,14,19). The highest BCUT2D eigenvalue weighted by Crippen LogP contribution is 2.17. The second kappa shape index (κ2) is 7.52. The molecule has 0 saturated heterocycles. The monoisotopic (exact) mass is 351 g/mol. The molecule has 9 heteroatoms. The molecule has 0 aliphatic rings. The summed E-state index contributed by atoms with van der Waals surface area (Å²) in [6.07, 6.45) is 0. The fourth-order valence-electron chi connectivity index (χ4n) is 1.73. The van der Waals surface area contributed by atoms with E-state index < -0.39 is 0 Å². The summed E-state index contributed by atoms with van der Waals surface area (Å²) < 4.78 is 1.71. The topological polar surface area (TPSA) is 72.7 Å². The maximum absolute atomic E-state index is 11.9. The van der Waals surface area contributed by atoms with E-state index >= 15 is 0 Å². The van der Waals surface area contributed by atoms with Crippen molar-refractivity contribution in [2.24, 2.45) is 0 Å². The number of rotatable bonds is 7. The van der Waals surface area contributed by atoms with Gasteiger partial charge in [-0.05, 0) is 33.3 Å². The maximum Gasteiger partial charge on any atom is 0.230 e. The molecule has 0 unspecified atom stereocenters.